The van der Waals surface area contributed by atoms with Crippen LogP contribution >= 0.6 is 34.5 Å². The first kappa shape index (κ1) is 12.3. The monoisotopic (exact) mass is 251 g/mol. The summed E-state index contributed by atoms with van der Waals surface area (Å²) in [4.78, 5) is 4.28. The lowest BCUT2D eigenvalue weighted by atomic mass is 9.77. The second-order valence-corrected chi connectivity index (χ2v) is 5.19. The van der Waals surface area contributed by atoms with E-state index in [1.54, 1.807) is 11.3 Å². The number of alkyl halides is 2. The van der Waals surface area contributed by atoms with Crippen LogP contribution in [0.2, 0.25) is 0 Å². The van der Waals surface area contributed by atoms with Gasteiger partial charge in [-0.05, 0) is 12.3 Å². The van der Waals surface area contributed by atoms with Gasteiger partial charge in [-0.25, -0.2) is 4.98 Å². The van der Waals surface area contributed by atoms with Crippen LogP contribution in [-0.4, -0.2) is 16.7 Å². The summed E-state index contributed by atoms with van der Waals surface area (Å²) in [5.74, 6) is 1.65. The average Bonchev–Trinajstić information content (AvgIpc) is 2.66. The molecular weight excluding hydrogens is 237 g/mol. The van der Waals surface area contributed by atoms with Gasteiger partial charge in [-0.15, -0.1) is 34.5 Å². The van der Waals surface area contributed by atoms with E-state index in [-0.39, 0.29) is 5.41 Å². The first-order valence-electron chi connectivity index (χ1n) is 4.63. The van der Waals surface area contributed by atoms with Gasteiger partial charge in [0.05, 0.1) is 11.2 Å². The summed E-state index contributed by atoms with van der Waals surface area (Å²) in [7, 11) is 0. The number of rotatable bonds is 5. The van der Waals surface area contributed by atoms with E-state index in [9.17, 15) is 0 Å². The summed E-state index contributed by atoms with van der Waals surface area (Å²) in [5, 5.41) is 2.07. The average molecular weight is 252 g/mol. The predicted octanol–water partition coefficient (Wildman–Crippen LogP) is 3.81. The van der Waals surface area contributed by atoms with Crippen LogP contribution in [0.15, 0.2) is 10.9 Å². The molecule has 14 heavy (non-hydrogen) atoms. The standard InChI is InChI=1S/C10H15Cl2NS/c1-8(2)10(5-11,6-12)3-9-4-14-7-13-9/h4,7-8H,3,5-6H2,1-2H3. The predicted molar refractivity (Wildman–Crippen MR) is 64.5 cm³/mol. The highest BCUT2D eigenvalue weighted by Gasteiger charge is 2.32. The van der Waals surface area contributed by atoms with E-state index in [1.807, 2.05) is 5.51 Å². The Morgan fingerprint density at radius 3 is 2.43 bits per heavy atom. The molecular formula is C10H15Cl2NS. The highest BCUT2D eigenvalue weighted by atomic mass is 35.5. The Kier molecular flexibility index (Phi) is 4.68. The van der Waals surface area contributed by atoms with Gasteiger partial charge in [0.15, 0.2) is 0 Å². The Balaban J connectivity index is 2.78. The summed E-state index contributed by atoms with van der Waals surface area (Å²) >= 11 is 13.7. The number of thiazole rings is 1. The lowest BCUT2D eigenvalue weighted by Crippen LogP contribution is -2.34. The van der Waals surface area contributed by atoms with Gasteiger partial charge < -0.3 is 0 Å². The minimum Gasteiger partial charge on any atom is -0.250 e. The van der Waals surface area contributed by atoms with E-state index in [2.05, 4.69) is 24.2 Å². The number of aromatic nitrogens is 1. The van der Waals surface area contributed by atoms with Crippen LogP contribution in [-0.2, 0) is 6.42 Å². The molecule has 80 valence electrons. The highest BCUT2D eigenvalue weighted by molar-refractivity contribution is 7.07. The largest absolute Gasteiger partial charge is 0.250 e. The fourth-order valence-electron chi connectivity index (χ4n) is 1.33. The molecule has 0 spiro atoms. The van der Waals surface area contributed by atoms with E-state index < -0.39 is 0 Å². The molecule has 0 atom stereocenters. The van der Waals surface area contributed by atoms with Crippen LogP contribution < -0.4 is 0 Å². The van der Waals surface area contributed by atoms with Crippen molar-refractivity contribution in [2.24, 2.45) is 11.3 Å². The van der Waals surface area contributed by atoms with Crippen LogP contribution in [0.1, 0.15) is 19.5 Å². The fraction of sp³-hybridized carbons (Fsp3) is 0.700. The summed E-state index contributed by atoms with van der Waals surface area (Å²) < 4.78 is 0. The summed E-state index contributed by atoms with van der Waals surface area (Å²) in [6, 6.07) is 0. The van der Waals surface area contributed by atoms with Crippen molar-refractivity contribution in [3.8, 4) is 0 Å². The van der Waals surface area contributed by atoms with Crippen molar-refractivity contribution in [1.82, 2.24) is 4.98 Å². The minimum atomic E-state index is -0.0167. The zero-order valence-electron chi connectivity index (χ0n) is 8.46. The Morgan fingerprint density at radius 1 is 1.43 bits per heavy atom. The van der Waals surface area contributed by atoms with Crippen molar-refractivity contribution >= 4 is 34.5 Å². The number of hydrogen-bond acceptors (Lipinski definition) is 2. The smallest absolute Gasteiger partial charge is 0.0794 e. The lowest BCUT2D eigenvalue weighted by molar-refractivity contribution is 0.257. The van der Waals surface area contributed by atoms with Crippen LogP contribution in [0.4, 0.5) is 0 Å². The molecule has 0 saturated heterocycles. The normalized spacial score (nSPS) is 12.4. The molecule has 0 N–H and O–H groups in total. The van der Waals surface area contributed by atoms with Crippen LogP contribution in [0.5, 0.6) is 0 Å². The Labute approximate surface area is 99.5 Å². The van der Waals surface area contributed by atoms with Gasteiger partial charge in [0.25, 0.3) is 0 Å². The fourth-order valence-corrected chi connectivity index (χ4v) is 2.98. The molecule has 0 unspecified atom stereocenters. The minimum absolute atomic E-state index is 0.0167. The number of hydrogen-bond donors (Lipinski definition) is 0. The van der Waals surface area contributed by atoms with Gasteiger partial charge in [-0.3, -0.25) is 0 Å². The van der Waals surface area contributed by atoms with Crippen LogP contribution in [0.25, 0.3) is 0 Å². The van der Waals surface area contributed by atoms with Crippen molar-refractivity contribution in [2.75, 3.05) is 11.8 Å². The molecule has 1 aromatic rings. The molecule has 1 rings (SSSR count). The highest BCUT2D eigenvalue weighted by Crippen LogP contribution is 2.34. The zero-order chi connectivity index (χ0) is 10.6. The molecule has 0 saturated carbocycles. The number of halogens is 2. The summed E-state index contributed by atoms with van der Waals surface area (Å²) in [5.41, 5.74) is 2.94. The molecule has 1 aromatic heterocycles. The van der Waals surface area contributed by atoms with Crippen molar-refractivity contribution in [3.05, 3.63) is 16.6 Å². The van der Waals surface area contributed by atoms with E-state index in [0.29, 0.717) is 17.7 Å². The van der Waals surface area contributed by atoms with Crippen molar-refractivity contribution in [2.45, 2.75) is 20.3 Å². The molecule has 0 aliphatic carbocycles. The zero-order valence-corrected chi connectivity index (χ0v) is 10.8. The Hall–Kier alpha value is 0.210. The second-order valence-electron chi connectivity index (χ2n) is 3.94. The van der Waals surface area contributed by atoms with Crippen LogP contribution in [0.3, 0.4) is 0 Å². The van der Waals surface area contributed by atoms with Gasteiger partial charge in [-0.1, -0.05) is 13.8 Å². The molecule has 0 fully saturated rings. The molecule has 0 aromatic carbocycles. The van der Waals surface area contributed by atoms with E-state index in [1.165, 1.54) is 0 Å². The molecule has 0 bridgehead atoms. The summed E-state index contributed by atoms with van der Waals surface area (Å²) in [6.45, 7) is 4.33. The van der Waals surface area contributed by atoms with Crippen molar-refractivity contribution < 1.29 is 0 Å². The van der Waals surface area contributed by atoms with Crippen molar-refractivity contribution in [1.29, 1.82) is 0 Å². The maximum Gasteiger partial charge on any atom is 0.0794 e. The van der Waals surface area contributed by atoms with Gasteiger partial charge in [0, 0.05) is 22.6 Å². The van der Waals surface area contributed by atoms with Gasteiger partial charge >= 0.3 is 0 Å². The maximum atomic E-state index is 6.03. The molecule has 0 aliphatic heterocycles. The Bertz CT molecular complexity index is 255. The molecule has 0 radical (unpaired) electrons. The topological polar surface area (TPSA) is 12.9 Å². The van der Waals surface area contributed by atoms with Gasteiger partial charge in [0.2, 0.25) is 0 Å². The molecule has 0 aliphatic rings. The number of nitrogens with zero attached hydrogens (tertiary/aromatic N) is 1. The van der Waals surface area contributed by atoms with Crippen molar-refractivity contribution in [3.63, 3.8) is 0 Å². The first-order chi connectivity index (χ1) is 6.64. The molecule has 1 heterocycles. The molecule has 0 amide bonds. The van der Waals surface area contributed by atoms with Crippen LogP contribution in [0, 0.1) is 11.3 Å². The van der Waals surface area contributed by atoms with E-state index >= 15 is 0 Å². The molecule has 4 heteroatoms. The van der Waals surface area contributed by atoms with Gasteiger partial charge in [-0.2, -0.15) is 0 Å². The maximum absolute atomic E-state index is 6.03. The quantitative estimate of drug-likeness (QED) is 0.726. The van der Waals surface area contributed by atoms with E-state index in [0.717, 1.165) is 12.1 Å². The third kappa shape index (κ3) is 2.62. The second kappa shape index (κ2) is 5.34. The SMILES string of the molecule is CC(C)C(CCl)(CCl)Cc1cscn1. The van der Waals surface area contributed by atoms with E-state index in [4.69, 9.17) is 23.2 Å². The third-order valence-corrected chi connectivity index (χ3v) is 4.47. The Morgan fingerprint density at radius 2 is 2.07 bits per heavy atom. The molecule has 1 nitrogen and oxygen atoms in total. The van der Waals surface area contributed by atoms with Gasteiger partial charge in [0.1, 0.15) is 0 Å². The summed E-state index contributed by atoms with van der Waals surface area (Å²) in [6.07, 6.45) is 0.876. The third-order valence-electron chi connectivity index (χ3n) is 2.77. The lowest BCUT2D eigenvalue weighted by Gasteiger charge is -2.33. The first-order valence-corrected chi connectivity index (χ1v) is 6.65.